The summed E-state index contributed by atoms with van der Waals surface area (Å²) in [4.78, 5) is 62.9. The molecule has 4 aromatic carbocycles. The Morgan fingerprint density at radius 2 is 0.967 bits per heavy atom. The number of carbonyl (C=O) groups excluding carboxylic acids is 3. The molecule has 12 rings (SSSR count). The maximum atomic E-state index is 14.5. The number of methoxy groups -OCH3 is 1. The van der Waals surface area contributed by atoms with Crippen LogP contribution in [-0.2, 0) is 57.7 Å². The molecule has 4 N–H and O–H groups in total. The number of nitrogens with one attached hydrogen (secondary N) is 2. The number of nitrogens with zero attached hydrogens (tertiary/aromatic N) is 9. The number of benzene rings is 4. The molecule has 1 spiro atoms. The molecule has 8 heterocycles. The van der Waals surface area contributed by atoms with Crippen molar-refractivity contribution < 1.29 is 79.2 Å². The molecule has 26 nitrogen and oxygen atoms in total. The van der Waals surface area contributed by atoms with Crippen molar-refractivity contribution in [1.82, 2.24) is 19.1 Å². The van der Waals surface area contributed by atoms with Gasteiger partial charge >= 0.3 is 451 Å². The van der Waals surface area contributed by atoms with E-state index in [9.17, 15) is 61.5 Å². The van der Waals surface area contributed by atoms with Crippen molar-refractivity contribution in [2.45, 2.75) is 96.1 Å². The summed E-state index contributed by atoms with van der Waals surface area (Å²) in [5.74, 6) is 0.0358. The third-order valence-electron chi connectivity index (χ3n) is 18.5. The second kappa shape index (κ2) is 23.1. The van der Waals surface area contributed by atoms with E-state index in [0.29, 0.717) is 90.3 Å². The number of hydrogen-bond donors (Lipinski definition) is 4. The second-order valence-electron chi connectivity index (χ2n) is 26.0. The number of aliphatic imine (C=N–C) groups is 2. The summed E-state index contributed by atoms with van der Waals surface area (Å²) in [7, 11) is -26.6. The van der Waals surface area contributed by atoms with Gasteiger partial charge < -0.3 is 9.29 Å². The Bertz CT molecular complexity index is 4530. The van der Waals surface area contributed by atoms with Crippen LogP contribution in [0.2, 0.25) is 38.3 Å². The number of rotatable bonds is 31. The molecule has 0 radical (unpaired) electrons. The normalized spacial score (nSPS) is 17.6. The van der Waals surface area contributed by atoms with Crippen LogP contribution in [0, 0.1) is 0 Å². The minimum absolute atomic E-state index is 0.0691. The SMILES string of the molecule is COC(=O)CCCCC(=O)NCCC[Si](C)(C)O[Si-2]123(O[Si](C)(C)CCCNC(=O)C[N+](CCCS(=O)(=O)[O-])(CCCS(=O)(=O)O)CCCS(=O)(=O)O)n4c5c6ccccc6c4N=C4c6ccccc6C(=[N+]41)N=c1c4ccccc4c(n12)=NC1=[N+]3C(=N5)c2ccccc21. The molecule has 0 saturated carbocycles. The van der Waals surface area contributed by atoms with Crippen LogP contribution in [0.15, 0.2) is 117 Å². The van der Waals surface area contributed by atoms with Crippen LogP contribution < -0.4 is 21.6 Å². The van der Waals surface area contributed by atoms with Crippen molar-refractivity contribution in [1.29, 1.82) is 0 Å². The third-order valence-corrected chi connectivity index (χ3v) is 37.6. The van der Waals surface area contributed by atoms with Gasteiger partial charge in [0.15, 0.2) is 0 Å². The number of hydrogen-bond acceptors (Lipinski definition) is 17. The molecule has 6 aliphatic heterocycles. The first-order valence-electron chi connectivity index (χ1n) is 31.0. The Kier molecular flexibility index (Phi) is 16.3. The van der Waals surface area contributed by atoms with Gasteiger partial charge in [-0.15, -0.1) is 0 Å². The van der Waals surface area contributed by atoms with Crippen LogP contribution in [0.4, 0.5) is 11.6 Å². The molecule has 6 aromatic rings. The van der Waals surface area contributed by atoms with E-state index in [-0.39, 0.29) is 81.2 Å². The molecule has 6 aliphatic rings. The number of amidine groups is 4. The molecule has 92 heavy (non-hydrogen) atoms. The molecule has 0 aliphatic carbocycles. The number of esters is 1. The van der Waals surface area contributed by atoms with Crippen LogP contribution >= 0.6 is 0 Å². The van der Waals surface area contributed by atoms with E-state index >= 15 is 0 Å². The Hall–Kier alpha value is -7.09. The topological polar surface area (TPSA) is 334 Å². The monoisotopic (exact) mass is 1370 g/mol. The van der Waals surface area contributed by atoms with Crippen molar-refractivity contribution in [2.24, 2.45) is 20.0 Å². The van der Waals surface area contributed by atoms with E-state index in [1.807, 2.05) is 97.1 Å². The van der Waals surface area contributed by atoms with E-state index in [4.69, 9.17) is 24.7 Å². The summed E-state index contributed by atoms with van der Waals surface area (Å²) in [6.45, 7) is 8.23. The Morgan fingerprint density at radius 1 is 0.554 bits per heavy atom. The average Bonchev–Trinajstić information content (AvgIpc) is 1.26. The second-order valence-corrected chi connectivity index (χ2v) is 44.9. The van der Waals surface area contributed by atoms with Gasteiger partial charge in [-0.3, -0.25) is 13.9 Å². The number of ether oxygens (including phenoxy) is 1. The zero-order chi connectivity index (χ0) is 65.5. The van der Waals surface area contributed by atoms with E-state index in [1.165, 1.54) is 7.11 Å². The summed E-state index contributed by atoms with van der Waals surface area (Å²) >= 11 is 0. The molecule has 0 unspecified atom stereocenters. The molecule has 0 fully saturated rings. The van der Waals surface area contributed by atoms with Gasteiger partial charge in [-0.25, -0.2) is 8.42 Å². The fourth-order valence-corrected chi connectivity index (χ4v) is 38.9. The molecule has 32 heteroatoms. The molecular weight excluding hydrogens is 1300 g/mol. The first-order chi connectivity index (χ1) is 43.5. The van der Waals surface area contributed by atoms with Crippen LogP contribution in [0.3, 0.4) is 0 Å². The van der Waals surface area contributed by atoms with Crippen molar-refractivity contribution >= 4 is 129 Å². The van der Waals surface area contributed by atoms with Crippen molar-refractivity contribution in [2.75, 3.05) is 63.6 Å². The van der Waals surface area contributed by atoms with Gasteiger partial charge in [0, 0.05) is 0 Å². The number of carbonyl (C=O) groups is 3. The molecule has 0 atom stereocenters. The predicted molar refractivity (Wildman–Crippen MR) is 350 cm³/mol. The van der Waals surface area contributed by atoms with Crippen molar-refractivity contribution in [3.8, 4) is 0 Å². The summed E-state index contributed by atoms with van der Waals surface area (Å²) in [5.41, 5.74) is 4.25. The first-order valence-corrected chi connectivity index (χ1v) is 44.6. The molecular formula is C60H75N11O15S3Si3. The predicted octanol–water partition coefficient (Wildman–Crippen LogP) is 4.82. The third kappa shape index (κ3) is 10.8. The van der Waals surface area contributed by atoms with Gasteiger partial charge in [-0.1, -0.05) is 0 Å². The molecule has 0 bridgehead atoms. The van der Waals surface area contributed by atoms with Crippen molar-refractivity contribution in [3.05, 3.63) is 130 Å². The number of quaternary nitrogens is 1. The van der Waals surface area contributed by atoms with E-state index in [2.05, 4.69) is 53.8 Å². The summed E-state index contributed by atoms with van der Waals surface area (Å²) in [6, 6.07) is 33.0. The van der Waals surface area contributed by atoms with Crippen LogP contribution in [-0.4, -0.2) is 190 Å². The van der Waals surface area contributed by atoms with E-state index in [1.54, 1.807) is 0 Å². The standard InChI is InChI=1S/C60H75N11O15S3Si3/c1-84-52(74)30-15-14-29-50(72)61-31-16-39-90(2,3)85-92(86-91(4,5)40-17-32-62-51(73)41-71(33-18-36-87(75,76)77,34-19-37-88(78,79)80)35-20-38-89(81,82)83)67-53-42-21-6-7-22-43(42)54(67)64-56-46-25-10-11-26-47(46)58(69(56)92)66-60-49-28-13-12-27-48(49)59(70(60)92)65-57-45-24-9-8-23-44(45)55(63-53)68(57)92/h6-13,21-28H,14-20,29-41H2,1-5H3,(H4-,61,62,72,73,75,76,77,78,79,80,81,82,83). The number of fused-ring (bicyclic) bond motifs is 12. The van der Waals surface area contributed by atoms with Crippen molar-refractivity contribution in [3.63, 3.8) is 0 Å². The summed E-state index contributed by atoms with van der Waals surface area (Å²) in [6.07, 6.45) is 1.66. The van der Waals surface area contributed by atoms with Gasteiger partial charge in [0.1, 0.15) is 0 Å². The maximum absolute atomic E-state index is 14.5. The van der Waals surface area contributed by atoms with Gasteiger partial charge in [0.2, 0.25) is 0 Å². The number of aromatic nitrogens is 2. The fraction of sp³-hybridized carbons (Fsp3) is 0.417. The van der Waals surface area contributed by atoms with E-state index in [0.717, 1.165) is 43.8 Å². The van der Waals surface area contributed by atoms with Gasteiger partial charge in [0.25, 0.3) is 20.2 Å². The number of unbranched alkanes of at least 4 members (excludes halogenated alkanes) is 1. The Morgan fingerprint density at radius 3 is 1.41 bits per heavy atom. The van der Waals surface area contributed by atoms with E-state index < -0.39 is 77.9 Å². The van der Waals surface area contributed by atoms with Crippen LogP contribution in [0.5, 0.6) is 0 Å². The fourth-order valence-electron chi connectivity index (χ4n) is 15.2. The van der Waals surface area contributed by atoms with Gasteiger partial charge in [-0.05, 0) is 0 Å². The Balaban J connectivity index is 1.02. The van der Waals surface area contributed by atoms with Crippen LogP contribution in [0.1, 0.15) is 80.0 Å². The average molecular weight is 1370 g/mol. The Labute approximate surface area is 534 Å². The quantitative estimate of drug-likeness (QED) is 0.0149. The molecule has 0 saturated heterocycles. The van der Waals surface area contributed by atoms with Gasteiger partial charge in [0.05, 0.1) is 17.2 Å². The molecule has 2 aromatic heterocycles. The molecule has 2 amide bonds. The molecule has 490 valence electrons. The zero-order valence-corrected chi connectivity index (χ0v) is 57.3. The first kappa shape index (κ1) is 65.0. The summed E-state index contributed by atoms with van der Waals surface area (Å²) < 4.78 is 134. The zero-order valence-electron chi connectivity index (χ0n) is 51.8. The summed E-state index contributed by atoms with van der Waals surface area (Å²) in [5, 5.41) is 9.33. The minimum atomic E-state index is -7.17. The van der Waals surface area contributed by atoms with Gasteiger partial charge in [-0.2, -0.15) is 16.8 Å². The van der Waals surface area contributed by atoms with Crippen LogP contribution in [0.25, 0.3) is 21.5 Å². The number of amides is 2.